The van der Waals surface area contributed by atoms with Gasteiger partial charge in [0.05, 0.1) is 39.6 Å². The fourth-order valence-electron chi connectivity index (χ4n) is 11.0. The highest BCUT2D eigenvalue weighted by molar-refractivity contribution is 5.94. The van der Waals surface area contributed by atoms with E-state index in [1.54, 1.807) is 12.1 Å². The van der Waals surface area contributed by atoms with E-state index in [0.29, 0.717) is 25.2 Å². The zero-order valence-electron chi connectivity index (χ0n) is 49.4. The van der Waals surface area contributed by atoms with E-state index >= 15 is 0 Å². The molecule has 5 fully saturated rings. The van der Waals surface area contributed by atoms with Gasteiger partial charge in [-0.1, -0.05) is 32.3 Å². The van der Waals surface area contributed by atoms with Gasteiger partial charge in [0.25, 0.3) is 5.91 Å². The topological polar surface area (TPSA) is 481 Å². The lowest BCUT2D eigenvalue weighted by atomic mass is 9.93. The molecule has 88 heavy (non-hydrogen) atoms. The molecular weight excluding hydrogens is 1170 g/mol. The molecule has 32 heteroatoms. The molecule has 32 nitrogen and oxygen atoms in total. The van der Waals surface area contributed by atoms with E-state index in [9.17, 15) is 85.3 Å². The number of amides is 5. The molecule has 0 saturated carbocycles. The first kappa shape index (κ1) is 72.2. The fourth-order valence-corrected chi connectivity index (χ4v) is 11.0. The maximum Gasteiger partial charge on any atom is 0.251 e. The van der Waals surface area contributed by atoms with E-state index in [1.807, 2.05) is 0 Å². The number of unbranched alkanes of at least 4 members (excludes halogenated alkanes) is 5. The lowest BCUT2D eigenvalue weighted by Gasteiger charge is -2.51. The van der Waals surface area contributed by atoms with Crippen LogP contribution in [0.25, 0.3) is 0 Å². The number of benzene rings is 1. The number of aliphatic hydroxyl groups is 12. The second-order valence-corrected chi connectivity index (χ2v) is 22.0. The van der Waals surface area contributed by atoms with Gasteiger partial charge < -0.3 is 135 Å². The molecular formula is C56H87N5O27. The molecule has 0 radical (unpaired) electrons. The van der Waals surface area contributed by atoms with Gasteiger partial charge >= 0.3 is 0 Å². The monoisotopic (exact) mass is 1260 g/mol. The molecule has 25 atom stereocenters. The van der Waals surface area contributed by atoms with Gasteiger partial charge in [-0.05, 0) is 31.0 Å². The number of ether oxygens (including phenoxy) is 10. The number of rotatable bonds is 27. The molecule has 6 rings (SSSR count). The number of carbonyl (C=O) groups is 5. The number of hydrogen-bond donors (Lipinski definition) is 17. The SMILES string of the molecule is CCCCCCC#CCCCOc1cccc(C(=O)N[C@@H]2C(O[C@H]3C(O)C(NC(C)=O)C(O[C@@H]4C(CO)O[C@@H](O[C@H]5C(O)C(NC(C)=O)C(OC6C(CO)O[C@@H](O)[C@@H](NC(C)=O)[C@H]6O)O[C@H]5CO)[C@@H](NC(C)=O)C4O)O[C@H]3CO)OC(CO)[C@@H](O)[C@@H]2O)c1. The molecule has 0 spiro atoms. The summed E-state index contributed by atoms with van der Waals surface area (Å²) in [7, 11) is 0. The smallest absolute Gasteiger partial charge is 0.251 e. The van der Waals surface area contributed by atoms with Crippen LogP contribution < -0.4 is 31.3 Å². The Morgan fingerprint density at radius 3 is 1.24 bits per heavy atom. The molecule has 0 bridgehead atoms. The summed E-state index contributed by atoms with van der Waals surface area (Å²) in [6.45, 7) is 1.92. The van der Waals surface area contributed by atoms with Crippen molar-refractivity contribution in [3.05, 3.63) is 29.8 Å². The maximum absolute atomic E-state index is 13.9. The van der Waals surface area contributed by atoms with Crippen molar-refractivity contribution in [3.63, 3.8) is 0 Å². The normalized spacial score (nSPS) is 37.5. The molecule has 0 aliphatic carbocycles. The molecule has 17 N–H and O–H groups in total. The van der Waals surface area contributed by atoms with E-state index in [-0.39, 0.29) is 5.56 Å². The summed E-state index contributed by atoms with van der Waals surface area (Å²) in [4.78, 5) is 64.1. The summed E-state index contributed by atoms with van der Waals surface area (Å²) in [6, 6.07) is -2.26. The van der Waals surface area contributed by atoms with Gasteiger partial charge in [0.2, 0.25) is 23.6 Å². The number of nitrogens with one attached hydrogen (secondary N) is 5. The number of carbonyl (C=O) groups excluding carboxylic acids is 5. The van der Waals surface area contributed by atoms with Gasteiger partial charge in [-0.3, -0.25) is 24.0 Å². The summed E-state index contributed by atoms with van der Waals surface area (Å²) in [5.74, 6) is 2.72. The maximum atomic E-state index is 13.9. The van der Waals surface area contributed by atoms with Crippen molar-refractivity contribution in [2.45, 2.75) is 233 Å². The predicted octanol–water partition coefficient (Wildman–Crippen LogP) is -6.78. The van der Waals surface area contributed by atoms with Crippen molar-refractivity contribution in [1.29, 1.82) is 0 Å². The van der Waals surface area contributed by atoms with Crippen LogP contribution in [0.4, 0.5) is 0 Å². The van der Waals surface area contributed by atoms with Gasteiger partial charge in [-0.15, -0.1) is 11.8 Å². The summed E-state index contributed by atoms with van der Waals surface area (Å²) < 4.78 is 59.8. The highest BCUT2D eigenvalue weighted by Crippen LogP contribution is 2.36. The molecule has 5 heterocycles. The van der Waals surface area contributed by atoms with Crippen molar-refractivity contribution >= 4 is 29.5 Å². The molecule has 12 unspecified atom stereocenters. The van der Waals surface area contributed by atoms with Crippen LogP contribution >= 0.6 is 0 Å². The highest BCUT2D eigenvalue weighted by atomic mass is 16.8. The molecule has 498 valence electrons. The van der Waals surface area contributed by atoms with Crippen molar-refractivity contribution < 1.29 is 133 Å². The first-order valence-corrected chi connectivity index (χ1v) is 29.3. The van der Waals surface area contributed by atoms with Crippen LogP contribution in [0, 0.1) is 11.8 Å². The Bertz CT molecular complexity index is 2460. The lowest BCUT2D eigenvalue weighted by Crippen LogP contribution is -2.72. The summed E-state index contributed by atoms with van der Waals surface area (Å²) in [5, 5.41) is 145. The Kier molecular flexibility index (Phi) is 28.3. The van der Waals surface area contributed by atoms with Gasteiger partial charge in [-0.2, -0.15) is 0 Å². The molecule has 1 aromatic rings. The zero-order valence-corrected chi connectivity index (χ0v) is 49.4. The minimum absolute atomic E-state index is 0.0436. The van der Waals surface area contributed by atoms with E-state index in [0.717, 1.165) is 53.4 Å². The lowest BCUT2D eigenvalue weighted by molar-refractivity contribution is -0.367. The second kappa shape index (κ2) is 34.5. The molecule has 5 amide bonds. The summed E-state index contributed by atoms with van der Waals surface area (Å²) >= 11 is 0. The average molecular weight is 1260 g/mol. The molecule has 1 aromatic carbocycles. The molecule has 5 aliphatic rings. The third kappa shape index (κ3) is 18.6. The third-order valence-corrected chi connectivity index (χ3v) is 15.3. The molecule has 5 saturated heterocycles. The summed E-state index contributed by atoms with van der Waals surface area (Å²) in [5.41, 5.74) is 0.0436. The van der Waals surface area contributed by atoms with Crippen molar-refractivity contribution in [2.75, 3.05) is 39.6 Å². The quantitative estimate of drug-likeness (QED) is 0.0288. The Hall–Kier alpha value is -4.91. The fraction of sp³-hybridized carbons (Fsp3) is 0.768. The van der Waals surface area contributed by atoms with Crippen molar-refractivity contribution in [1.82, 2.24) is 26.6 Å². The summed E-state index contributed by atoms with van der Waals surface area (Å²) in [6.07, 6.45) is -29.4. The van der Waals surface area contributed by atoms with Crippen LogP contribution in [0.15, 0.2) is 24.3 Å². The molecule has 5 aliphatic heterocycles. The zero-order chi connectivity index (χ0) is 64.5. The Morgan fingerprint density at radius 2 is 0.830 bits per heavy atom. The van der Waals surface area contributed by atoms with E-state index in [2.05, 4.69) is 45.3 Å². The van der Waals surface area contributed by atoms with Crippen molar-refractivity contribution in [2.24, 2.45) is 0 Å². The molecule has 0 aromatic heterocycles. The third-order valence-electron chi connectivity index (χ3n) is 15.3. The van der Waals surface area contributed by atoms with Crippen LogP contribution in [-0.2, 0) is 61.8 Å². The Balaban J connectivity index is 1.18. The van der Waals surface area contributed by atoms with Gasteiger partial charge in [0.15, 0.2) is 31.5 Å². The highest BCUT2D eigenvalue weighted by Gasteiger charge is 2.58. The second-order valence-electron chi connectivity index (χ2n) is 22.0. The van der Waals surface area contributed by atoms with Gasteiger partial charge in [-0.25, -0.2) is 0 Å². The van der Waals surface area contributed by atoms with Crippen LogP contribution in [-0.4, -0.2) is 284 Å². The Labute approximate surface area is 507 Å². The van der Waals surface area contributed by atoms with Crippen LogP contribution in [0.3, 0.4) is 0 Å². The Morgan fingerprint density at radius 1 is 0.455 bits per heavy atom. The number of hydrogen-bond acceptors (Lipinski definition) is 27. The van der Waals surface area contributed by atoms with Crippen LogP contribution in [0.1, 0.15) is 89.9 Å². The first-order valence-electron chi connectivity index (χ1n) is 29.3. The van der Waals surface area contributed by atoms with E-state index < -0.39 is 216 Å². The van der Waals surface area contributed by atoms with E-state index in [4.69, 9.17) is 47.4 Å². The number of aliphatic hydroxyl groups excluding tert-OH is 12. The van der Waals surface area contributed by atoms with Crippen LogP contribution in [0.2, 0.25) is 0 Å². The minimum atomic E-state index is -2.03. The van der Waals surface area contributed by atoms with Gasteiger partial charge in [0.1, 0.15) is 128 Å². The van der Waals surface area contributed by atoms with Crippen LogP contribution in [0.5, 0.6) is 5.75 Å². The van der Waals surface area contributed by atoms with Gasteiger partial charge in [0, 0.05) is 46.1 Å². The van der Waals surface area contributed by atoms with E-state index in [1.165, 1.54) is 18.6 Å². The average Bonchev–Trinajstić information content (AvgIpc) is 1.44. The minimum Gasteiger partial charge on any atom is -0.494 e. The largest absolute Gasteiger partial charge is 0.494 e. The van der Waals surface area contributed by atoms with Crippen molar-refractivity contribution in [3.8, 4) is 17.6 Å². The first-order chi connectivity index (χ1) is 42.0. The standard InChI is InChI=1S/C56H87N5O27/c1-6-7-8-9-10-11-12-13-14-18-79-30-17-15-16-29(19-30)51(77)61-37-42(72)41(71)31(20-62)81-53(37)86-48-33(22-64)83-55(39(44(48)74)59-27(4)69)88-50-35(24-66)84-56(40(46(50)76)60-28(5)70)87-49-34(23-65)82-54(38(45(49)75)58-26(3)68)85-47-32(21-63)80-52(78)36(43(47)73)57-25(2)67/h15-17,19,31-50,52-56,62-66,71-76,78H,6-10,13-14,18,20-24H2,1-5H3,(H,57,67)(H,58,68)(H,59,69)(H,60,70)(H,61,77)/t31?,32?,33-,34-,35?,36-,37-,38?,39?,40-,41+,42+,43+,44?,45?,46?,47?,48+,49+,50+,52+,53?,54?,55?,56-/m0/s1. The predicted molar refractivity (Wildman–Crippen MR) is 296 cm³/mol.